The third kappa shape index (κ3) is 5.26. The fraction of sp³-hybridized carbons (Fsp3) is 0.240. The average Bonchev–Trinajstić information content (AvgIpc) is 3.31. The zero-order chi connectivity index (χ0) is 25.3. The number of thioether (sulfide) groups is 1. The molecule has 0 bridgehead atoms. The molecule has 1 aliphatic rings. The van der Waals surface area contributed by atoms with E-state index in [1.165, 1.54) is 17.0 Å². The predicted molar refractivity (Wildman–Crippen MR) is 128 cm³/mol. The van der Waals surface area contributed by atoms with Crippen LogP contribution in [0.5, 0.6) is 0 Å². The van der Waals surface area contributed by atoms with Crippen molar-refractivity contribution in [2.75, 3.05) is 27.2 Å². The normalized spacial score (nSPS) is 15.6. The number of hydrogen-bond donors (Lipinski definition) is 0. The number of imide groups is 1. The second kappa shape index (κ2) is 9.60. The molecule has 10 heteroatoms. The zero-order valence-electron chi connectivity index (χ0n) is 19.0. The molecule has 6 nitrogen and oxygen atoms in total. The van der Waals surface area contributed by atoms with Crippen molar-refractivity contribution < 1.29 is 22.8 Å². The number of carbonyl (C=O) groups excluding carboxylic acids is 2. The highest BCUT2D eigenvalue weighted by Crippen LogP contribution is 2.35. The van der Waals surface area contributed by atoms with Gasteiger partial charge in [-0.3, -0.25) is 14.5 Å². The van der Waals surface area contributed by atoms with Crippen molar-refractivity contribution in [2.45, 2.75) is 12.7 Å². The zero-order valence-corrected chi connectivity index (χ0v) is 19.8. The monoisotopic (exact) mass is 498 g/mol. The van der Waals surface area contributed by atoms with Crippen molar-refractivity contribution in [3.8, 4) is 6.07 Å². The van der Waals surface area contributed by atoms with Crippen LogP contribution >= 0.6 is 11.8 Å². The van der Waals surface area contributed by atoms with E-state index in [4.69, 9.17) is 5.26 Å². The highest BCUT2D eigenvalue weighted by molar-refractivity contribution is 8.18. The maximum Gasteiger partial charge on any atom is 0.416 e. The van der Waals surface area contributed by atoms with E-state index in [2.05, 4.69) is 0 Å². The number of benzene rings is 2. The van der Waals surface area contributed by atoms with Crippen LogP contribution in [0.25, 0.3) is 17.0 Å². The van der Waals surface area contributed by atoms with E-state index in [9.17, 15) is 22.8 Å². The molecule has 0 unspecified atom stereocenters. The molecule has 1 saturated heterocycles. The molecule has 35 heavy (non-hydrogen) atoms. The number of aromatic nitrogens is 1. The van der Waals surface area contributed by atoms with Gasteiger partial charge in [-0.05, 0) is 73.4 Å². The van der Waals surface area contributed by atoms with Gasteiger partial charge in [0.15, 0.2) is 0 Å². The average molecular weight is 499 g/mol. The molecule has 2 heterocycles. The SMILES string of the molecule is CN(C)CCN1C(=O)S/C(=C\c2ccc3c(ccn3Cc3ccc(C#N)cc3C(F)(F)F)c2)C1=O. The van der Waals surface area contributed by atoms with Crippen LogP contribution in [-0.2, 0) is 17.5 Å². The van der Waals surface area contributed by atoms with Crippen LogP contribution in [0.4, 0.5) is 18.0 Å². The third-order valence-electron chi connectivity index (χ3n) is 5.62. The lowest BCUT2D eigenvalue weighted by Crippen LogP contribution is -2.34. The van der Waals surface area contributed by atoms with Gasteiger partial charge >= 0.3 is 6.18 Å². The first-order valence-corrected chi connectivity index (χ1v) is 11.5. The third-order valence-corrected chi connectivity index (χ3v) is 6.53. The lowest BCUT2D eigenvalue weighted by molar-refractivity contribution is -0.138. The molecule has 180 valence electrons. The van der Waals surface area contributed by atoms with Gasteiger partial charge in [0.1, 0.15) is 0 Å². The van der Waals surface area contributed by atoms with Gasteiger partial charge in [-0.1, -0.05) is 12.1 Å². The molecular weight excluding hydrogens is 477 g/mol. The van der Waals surface area contributed by atoms with Crippen molar-refractivity contribution in [2.24, 2.45) is 0 Å². The Kier molecular flexibility index (Phi) is 6.74. The number of rotatable bonds is 6. The summed E-state index contributed by atoms with van der Waals surface area (Å²) in [5.41, 5.74) is 0.611. The molecule has 0 saturated carbocycles. The Balaban J connectivity index is 1.59. The van der Waals surface area contributed by atoms with Crippen molar-refractivity contribution in [1.82, 2.24) is 14.4 Å². The summed E-state index contributed by atoms with van der Waals surface area (Å²) in [6.07, 6.45) is -1.23. The number of amides is 2. The Labute approximate surface area is 204 Å². The van der Waals surface area contributed by atoms with Crippen LogP contribution in [0, 0.1) is 11.3 Å². The lowest BCUT2D eigenvalue weighted by atomic mass is 10.0. The Morgan fingerprint density at radius 3 is 2.57 bits per heavy atom. The highest BCUT2D eigenvalue weighted by atomic mass is 32.2. The van der Waals surface area contributed by atoms with Gasteiger partial charge in [0, 0.05) is 36.7 Å². The summed E-state index contributed by atoms with van der Waals surface area (Å²) >= 11 is 0.893. The number of alkyl halides is 3. The molecule has 2 aromatic carbocycles. The second-order valence-electron chi connectivity index (χ2n) is 8.38. The summed E-state index contributed by atoms with van der Waals surface area (Å²) in [6, 6.07) is 12.5. The second-order valence-corrected chi connectivity index (χ2v) is 9.37. The Hall–Kier alpha value is -3.55. The molecule has 0 atom stereocenters. The van der Waals surface area contributed by atoms with Crippen LogP contribution in [0.15, 0.2) is 53.6 Å². The molecule has 1 fully saturated rings. The fourth-order valence-corrected chi connectivity index (χ4v) is 4.69. The lowest BCUT2D eigenvalue weighted by Gasteiger charge is -2.15. The van der Waals surface area contributed by atoms with Crippen molar-refractivity contribution in [3.05, 3.63) is 75.8 Å². The summed E-state index contributed by atoms with van der Waals surface area (Å²) in [4.78, 5) is 28.3. The van der Waals surface area contributed by atoms with E-state index < -0.39 is 11.7 Å². The Bertz CT molecular complexity index is 1390. The van der Waals surface area contributed by atoms with Gasteiger partial charge in [-0.25, -0.2) is 0 Å². The first-order valence-electron chi connectivity index (χ1n) is 10.7. The topological polar surface area (TPSA) is 69.3 Å². The van der Waals surface area contributed by atoms with E-state index in [1.54, 1.807) is 41.1 Å². The predicted octanol–water partition coefficient (Wildman–Crippen LogP) is 5.18. The number of nitrogens with zero attached hydrogens (tertiary/aromatic N) is 4. The molecular formula is C25H21F3N4O2S. The standard InChI is InChI=1S/C25H21F3N4O2S/c1-30(2)9-10-32-23(33)22(35-24(32)34)13-16-4-6-21-18(11-16)7-8-31(21)15-19-5-3-17(14-29)12-20(19)25(26,27)28/h3-8,11-13H,9-10,15H2,1-2H3/b22-13-. The number of halogens is 3. The number of carbonyl (C=O) groups is 2. The van der Waals surface area contributed by atoms with Gasteiger partial charge in [0.2, 0.25) is 0 Å². The molecule has 0 N–H and O–H groups in total. The number of nitriles is 1. The van der Waals surface area contributed by atoms with E-state index >= 15 is 0 Å². The van der Waals surface area contributed by atoms with Gasteiger partial charge in [0.25, 0.3) is 11.1 Å². The van der Waals surface area contributed by atoms with Gasteiger partial charge < -0.3 is 9.47 Å². The summed E-state index contributed by atoms with van der Waals surface area (Å²) in [7, 11) is 3.73. The molecule has 0 aliphatic carbocycles. The van der Waals surface area contributed by atoms with Crippen molar-refractivity contribution >= 4 is 39.9 Å². The minimum absolute atomic E-state index is 0.0197. The van der Waals surface area contributed by atoms with Crippen LogP contribution < -0.4 is 0 Å². The summed E-state index contributed by atoms with van der Waals surface area (Å²) in [6.45, 7) is 0.862. The first kappa shape index (κ1) is 24.6. The minimum atomic E-state index is -4.58. The largest absolute Gasteiger partial charge is 0.416 e. The van der Waals surface area contributed by atoms with Gasteiger partial charge in [-0.2, -0.15) is 18.4 Å². The first-order chi connectivity index (χ1) is 16.6. The van der Waals surface area contributed by atoms with Crippen molar-refractivity contribution in [3.63, 3.8) is 0 Å². The van der Waals surface area contributed by atoms with E-state index in [1.807, 2.05) is 25.1 Å². The van der Waals surface area contributed by atoms with Crippen LogP contribution in [0.1, 0.15) is 22.3 Å². The molecule has 4 rings (SSSR count). The quantitative estimate of drug-likeness (QED) is 0.438. The Morgan fingerprint density at radius 2 is 1.89 bits per heavy atom. The van der Waals surface area contributed by atoms with Crippen molar-refractivity contribution in [1.29, 1.82) is 5.26 Å². The minimum Gasteiger partial charge on any atom is -0.343 e. The maximum absolute atomic E-state index is 13.5. The molecule has 1 aliphatic heterocycles. The fourth-order valence-electron chi connectivity index (χ4n) is 3.82. The number of fused-ring (bicyclic) bond motifs is 1. The summed E-state index contributed by atoms with van der Waals surface area (Å²) in [5.74, 6) is -0.333. The number of hydrogen-bond acceptors (Lipinski definition) is 5. The van der Waals surface area contributed by atoms with E-state index in [-0.39, 0.29) is 28.8 Å². The van der Waals surface area contributed by atoms with Crippen LogP contribution in [-0.4, -0.2) is 52.7 Å². The van der Waals surface area contributed by atoms with Gasteiger partial charge in [-0.15, -0.1) is 0 Å². The maximum atomic E-state index is 13.5. The number of likely N-dealkylation sites (N-methyl/N-ethyl adjacent to an activating group) is 1. The van der Waals surface area contributed by atoms with Crippen LogP contribution in [0.3, 0.4) is 0 Å². The smallest absolute Gasteiger partial charge is 0.343 e. The van der Waals surface area contributed by atoms with Gasteiger partial charge in [0.05, 0.1) is 22.1 Å². The molecule has 1 aromatic heterocycles. The summed E-state index contributed by atoms with van der Waals surface area (Å²) < 4.78 is 42.3. The highest BCUT2D eigenvalue weighted by Gasteiger charge is 2.35. The molecule has 0 spiro atoms. The Morgan fingerprint density at radius 1 is 1.11 bits per heavy atom. The van der Waals surface area contributed by atoms with E-state index in [0.717, 1.165) is 28.7 Å². The van der Waals surface area contributed by atoms with Crippen LogP contribution in [0.2, 0.25) is 0 Å². The molecule has 3 aromatic rings. The summed E-state index contributed by atoms with van der Waals surface area (Å²) in [5, 5.41) is 9.44. The molecule has 2 amide bonds. The molecule has 0 radical (unpaired) electrons. The van der Waals surface area contributed by atoms with E-state index in [0.29, 0.717) is 23.6 Å².